The molecule has 0 atom stereocenters. The highest BCUT2D eigenvalue weighted by Crippen LogP contribution is 2.42. The first-order valence-corrected chi connectivity index (χ1v) is 23.2. The second-order valence-electron chi connectivity index (χ2n) is 17.1. The van der Waals surface area contributed by atoms with Crippen LogP contribution in [0.4, 0.5) is 0 Å². The van der Waals surface area contributed by atoms with E-state index in [4.69, 9.17) is 19.9 Å². The van der Waals surface area contributed by atoms with Crippen molar-refractivity contribution in [3.8, 4) is 45.1 Å². The molecule has 6 heterocycles. The zero-order valence-electron chi connectivity index (χ0n) is 35.6. The zero-order chi connectivity index (χ0) is 43.7. The number of hydrogen-bond donors (Lipinski definition) is 0. The number of benzene rings is 9. The summed E-state index contributed by atoms with van der Waals surface area (Å²) < 4.78 is 11.5. The second-order valence-corrected chi connectivity index (χ2v) is 18.2. The van der Waals surface area contributed by atoms with Gasteiger partial charge in [0.1, 0.15) is 0 Å². The summed E-state index contributed by atoms with van der Waals surface area (Å²) in [6.07, 6.45) is 0. The number of nitrogens with zero attached hydrogens (tertiary/aromatic N) is 8. The maximum atomic E-state index is 5.31. The third-order valence-electron chi connectivity index (χ3n) is 13.4. The lowest BCUT2D eigenvalue weighted by atomic mass is 10.0. The van der Waals surface area contributed by atoms with Crippen LogP contribution >= 0.6 is 11.3 Å². The van der Waals surface area contributed by atoms with Gasteiger partial charge < -0.3 is 0 Å². The molecule has 8 nitrogen and oxygen atoms in total. The van der Waals surface area contributed by atoms with Gasteiger partial charge in [0.05, 0.1) is 61.0 Å². The van der Waals surface area contributed by atoms with Gasteiger partial charge in [-0.3, -0.25) is 13.4 Å². The highest BCUT2D eigenvalue weighted by atomic mass is 32.1. The van der Waals surface area contributed by atoms with Crippen molar-refractivity contribution in [2.75, 3.05) is 0 Å². The Kier molecular flexibility index (Phi) is 7.50. The molecular weight excluding hydrogens is 841 g/mol. The van der Waals surface area contributed by atoms with Gasteiger partial charge in [-0.05, 0) is 89.0 Å². The van der Waals surface area contributed by atoms with Gasteiger partial charge in [0, 0.05) is 31.1 Å². The van der Waals surface area contributed by atoms with Gasteiger partial charge >= 0.3 is 0 Å². The third-order valence-corrected chi connectivity index (χ3v) is 14.6. The predicted octanol–water partition coefficient (Wildman–Crippen LogP) is 14.5. The van der Waals surface area contributed by atoms with Crippen molar-refractivity contribution in [2.45, 2.75) is 0 Å². The first-order valence-electron chi connectivity index (χ1n) is 22.4. The molecule has 0 aliphatic rings. The number of para-hydroxylation sites is 5. The van der Waals surface area contributed by atoms with Crippen molar-refractivity contribution in [3.05, 3.63) is 206 Å². The van der Waals surface area contributed by atoms with Crippen LogP contribution in [-0.4, -0.2) is 37.9 Å². The van der Waals surface area contributed by atoms with E-state index >= 15 is 0 Å². The number of rotatable bonds is 5. The van der Waals surface area contributed by atoms with Gasteiger partial charge in [0.25, 0.3) is 0 Å². The number of imidazole rings is 4. The van der Waals surface area contributed by atoms with Gasteiger partial charge in [-0.15, -0.1) is 11.3 Å². The molecule has 0 radical (unpaired) electrons. The Hall–Kier alpha value is -8.92. The van der Waals surface area contributed by atoms with Crippen molar-refractivity contribution in [1.29, 1.82) is 0 Å². The molecule has 0 amide bonds. The molecule has 0 unspecified atom stereocenters. The quantitative estimate of drug-likeness (QED) is 0.173. The molecule has 0 N–H and O–H groups in total. The standard InChI is InChI=1S/C58H34N8S/c1-3-14-35(15-4-1)40-19-13-20-42-41-29-28-39(34-53(41)67-55(40)42)63-49-30-26-37(32-51(49)64-47-24-11-9-22-45(47)60-57(63)64)38-27-31-50-52(33-38)65-48-25-12-10-23-46(48)61-58(65)66(50)56-59-44-21-8-7-18-43(44)54(62-56)36-16-5-2-6-17-36/h1-34H. The lowest BCUT2D eigenvalue weighted by Crippen LogP contribution is -2.04. The molecule has 6 aromatic heterocycles. The highest BCUT2D eigenvalue weighted by Gasteiger charge is 2.23. The van der Waals surface area contributed by atoms with Crippen LogP contribution in [0.25, 0.3) is 132 Å². The Morgan fingerprint density at radius 2 is 0.925 bits per heavy atom. The Morgan fingerprint density at radius 1 is 0.343 bits per heavy atom. The van der Waals surface area contributed by atoms with Gasteiger partial charge in [-0.2, -0.15) is 0 Å². The summed E-state index contributed by atoms with van der Waals surface area (Å²) in [5, 5.41) is 3.54. The molecule has 0 aliphatic carbocycles. The van der Waals surface area contributed by atoms with E-state index in [0.29, 0.717) is 5.95 Å². The molecule has 0 bridgehead atoms. The minimum atomic E-state index is 0.572. The van der Waals surface area contributed by atoms with Crippen LogP contribution in [0.15, 0.2) is 206 Å². The Balaban J connectivity index is 0.932. The van der Waals surface area contributed by atoms with Gasteiger partial charge in [0.2, 0.25) is 17.5 Å². The van der Waals surface area contributed by atoms with Crippen LogP contribution in [0.5, 0.6) is 0 Å². The molecule has 0 saturated heterocycles. The molecular formula is C58H34N8S. The molecule has 0 spiro atoms. The molecule has 9 heteroatoms. The van der Waals surface area contributed by atoms with E-state index < -0.39 is 0 Å². The topological polar surface area (TPSA) is 70.2 Å². The van der Waals surface area contributed by atoms with Crippen molar-refractivity contribution < 1.29 is 0 Å². The summed E-state index contributed by atoms with van der Waals surface area (Å²) in [6, 6.07) is 73.0. The van der Waals surface area contributed by atoms with Crippen LogP contribution in [0, 0.1) is 0 Å². The minimum absolute atomic E-state index is 0.572. The molecule has 0 aliphatic heterocycles. The minimum Gasteiger partial charge on any atom is -0.278 e. The SMILES string of the molecule is c1ccc(-c2nc(-n3c4ccc(-c5ccc6c(c5)n5c7ccccc7nc5n6-c5ccc6c(c5)sc5c(-c7ccccc7)cccc56)cc4n4c5ccccc5nc34)nc3ccccc23)cc1. The van der Waals surface area contributed by atoms with E-state index in [1.807, 2.05) is 35.6 Å². The lowest BCUT2D eigenvalue weighted by Gasteiger charge is -2.11. The summed E-state index contributed by atoms with van der Waals surface area (Å²) in [5.74, 6) is 2.21. The smallest absolute Gasteiger partial charge is 0.238 e. The monoisotopic (exact) mass is 874 g/mol. The Labute approximate surface area is 385 Å². The average Bonchev–Trinajstić information content (AvgIpc) is 4.19. The largest absolute Gasteiger partial charge is 0.278 e. The van der Waals surface area contributed by atoms with E-state index in [1.165, 1.54) is 31.3 Å². The van der Waals surface area contributed by atoms with Crippen molar-refractivity contribution in [2.24, 2.45) is 0 Å². The fourth-order valence-electron chi connectivity index (χ4n) is 10.4. The van der Waals surface area contributed by atoms with Crippen LogP contribution in [0.3, 0.4) is 0 Å². The van der Waals surface area contributed by atoms with Crippen LogP contribution < -0.4 is 0 Å². The van der Waals surface area contributed by atoms with E-state index in [9.17, 15) is 0 Å². The maximum Gasteiger partial charge on any atom is 0.238 e. The molecule has 67 heavy (non-hydrogen) atoms. The normalized spacial score (nSPS) is 12.2. The van der Waals surface area contributed by atoms with E-state index in [2.05, 4.69) is 200 Å². The molecule has 0 saturated carbocycles. The fraction of sp³-hybridized carbons (Fsp3) is 0. The molecule has 312 valence electrons. The summed E-state index contributed by atoms with van der Waals surface area (Å²) in [5.41, 5.74) is 16.6. The third kappa shape index (κ3) is 5.28. The first kappa shape index (κ1) is 36.4. The zero-order valence-corrected chi connectivity index (χ0v) is 36.4. The second kappa shape index (κ2) is 13.8. The van der Waals surface area contributed by atoms with Crippen molar-refractivity contribution in [1.82, 2.24) is 37.9 Å². The molecule has 15 rings (SSSR count). The highest BCUT2D eigenvalue weighted by molar-refractivity contribution is 7.26. The first-order chi connectivity index (χ1) is 33.2. The molecule has 15 aromatic rings. The summed E-state index contributed by atoms with van der Waals surface area (Å²) in [7, 11) is 0. The van der Waals surface area contributed by atoms with Gasteiger partial charge in [-0.1, -0.05) is 140 Å². The van der Waals surface area contributed by atoms with E-state index in [-0.39, 0.29) is 0 Å². The molecule has 0 fully saturated rings. The number of aromatic nitrogens is 8. The van der Waals surface area contributed by atoms with E-state index in [1.54, 1.807) is 0 Å². The van der Waals surface area contributed by atoms with Gasteiger partial charge in [-0.25, -0.2) is 24.5 Å². The lowest BCUT2D eigenvalue weighted by molar-refractivity contribution is 0.986. The summed E-state index contributed by atoms with van der Waals surface area (Å²) in [4.78, 5) is 21.0. The number of hydrogen-bond acceptors (Lipinski definition) is 5. The van der Waals surface area contributed by atoms with Crippen LogP contribution in [0.1, 0.15) is 0 Å². The average molecular weight is 875 g/mol. The predicted molar refractivity (Wildman–Crippen MR) is 275 cm³/mol. The number of fused-ring (bicyclic) bond motifs is 14. The van der Waals surface area contributed by atoms with E-state index in [0.717, 1.165) is 94.7 Å². The van der Waals surface area contributed by atoms with Crippen LogP contribution in [0.2, 0.25) is 0 Å². The maximum absolute atomic E-state index is 5.31. The van der Waals surface area contributed by atoms with Crippen molar-refractivity contribution in [3.63, 3.8) is 0 Å². The summed E-state index contributed by atoms with van der Waals surface area (Å²) in [6.45, 7) is 0. The van der Waals surface area contributed by atoms with Gasteiger partial charge in [0.15, 0.2) is 0 Å². The molecule has 9 aromatic carbocycles. The fourth-order valence-corrected chi connectivity index (χ4v) is 11.6. The number of thiophene rings is 1. The summed E-state index contributed by atoms with van der Waals surface area (Å²) >= 11 is 1.86. The Bertz CT molecular complexity index is 4510. The van der Waals surface area contributed by atoms with Crippen LogP contribution in [-0.2, 0) is 0 Å². The Morgan fingerprint density at radius 3 is 1.63 bits per heavy atom. The van der Waals surface area contributed by atoms with Crippen molar-refractivity contribution >= 4 is 98.1 Å².